The Kier molecular flexibility index (Phi) is 3.74. The van der Waals surface area contributed by atoms with Gasteiger partial charge in [-0.1, -0.05) is 25.1 Å². The van der Waals surface area contributed by atoms with Crippen molar-refractivity contribution in [2.24, 2.45) is 5.92 Å². The summed E-state index contributed by atoms with van der Waals surface area (Å²) < 4.78 is 6.32. The molecule has 3 heteroatoms. The van der Waals surface area contributed by atoms with Crippen molar-refractivity contribution in [1.82, 2.24) is 4.90 Å². The Balaban J connectivity index is 1.97. The van der Waals surface area contributed by atoms with E-state index in [-0.39, 0.29) is 11.6 Å². The van der Waals surface area contributed by atoms with Crippen LogP contribution in [0, 0.1) is 12.8 Å². The number of aliphatic hydroxyl groups is 1. The first-order valence-corrected chi connectivity index (χ1v) is 8.11. The largest absolute Gasteiger partial charge is 0.485 e. The van der Waals surface area contributed by atoms with Crippen molar-refractivity contribution in [3.05, 3.63) is 29.3 Å². The molecule has 116 valence electrons. The zero-order chi connectivity index (χ0) is 15.2. The Hall–Kier alpha value is -1.06. The lowest BCUT2D eigenvalue weighted by molar-refractivity contribution is -0.0923. The quantitative estimate of drug-likeness (QED) is 0.861. The fourth-order valence-electron chi connectivity index (χ4n) is 4.04. The number of aryl methyl sites for hydroxylation is 1. The van der Waals surface area contributed by atoms with Crippen molar-refractivity contribution in [2.75, 3.05) is 13.1 Å². The third kappa shape index (κ3) is 2.58. The minimum Gasteiger partial charge on any atom is -0.485 e. The number of benzene rings is 1. The number of hydrogen-bond donors (Lipinski definition) is 1. The molecule has 0 aliphatic carbocycles. The zero-order valence-corrected chi connectivity index (χ0v) is 13.6. The molecule has 1 fully saturated rings. The van der Waals surface area contributed by atoms with Crippen molar-refractivity contribution in [3.8, 4) is 5.75 Å². The van der Waals surface area contributed by atoms with Crippen LogP contribution in [0.15, 0.2) is 18.2 Å². The summed E-state index contributed by atoms with van der Waals surface area (Å²) in [6.07, 6.45) is 2.02. The molecular formula is C18H27NO2. The van der Waals surface area contributed by atoms with Gasteiger partial charge in [-0.25, -0.2) is 0 Å². The highest BCUT2D eigenvalue weighted by atomic mass is 16.5. The van der Waals surface area contributed by atoms with Gasteiger partial charge < -0.3 is 9.84 Å². The van der Waals surface area contributed by atoms with Crippen molar-refractivity contribution in [1.29, 1.82) is 0 Å². The zero-order valence-electron chi connectivity index (χ0n) is 13.6. The van der Waals surface area contributed by atoms with Crippen LogP contribution in [-0.4, -0.2) is 34.7 Å². The topological polar surface area (TPSA) is 32.7 Å². The molecule has 3 nitrogen and oxygen atoms in total. The van der Waals surface area contributed by atoms with Crippen molar-refractivity contribution in [2.45, 2.75) is 58.3 Å². The van der Waals surface area contributed by atoms with Crippen LogP contribution in [0.5, 0.6) is 5.75 Å². The average Bonchev–Trinajstić information content (AvgIpc) is 2.40. The number of rotatable bonds is 1. The van der Waals surface area contributed by atoms with E-state index in [2.05, 4.69) is 25.7 Å². The minimum atomic E-state index is -0.478. The maximum atomic E-state index is 11.0. The Morgan fingerprint density at radius 2 is 2.10 bits per heavy atom. The summed E-state index contributed by atoms with van der Waals surface area (Å²) in [7, 11) is 0. The van der Waals surface area contributed by atoms with Crippen LogP contribution in [0.1, 0.15) is 50.8 Å². The number of hydrogen-bond acceptors (Lipinski definition) is 3. The van der Waals surface area contributed by atoms with Gasteiger partial charge in [0.05, 0.1) is 6.04 Å². The summed E-state index contributed by atoms with van der Waals surface area (Å²) in [6, 6.07) is 6.08. The third-order valence-corrected chi connectivity index (χ3v) is 5.02. The van der Waals surface area contributed by atoms with Crippen LogP contribution < -0.4 is 4.74 Å². The number of likely N-dealkylation sites (tertiary alicyclic amines) is 1. The van der Waals surface area contributed by atoms with Gasteiger partial charge in [0.2, 0.25) is 0 Å². The molecule has 1 aromatic carbocycles. The number of para-hydroxylation sites is 1. The predicted molar refractivity (Wildman–Crippen MR) is 84.6 cm³/mol. The highest BCUT2D eigenvalue weighted by Crippen LogP contribution is 2.44. The smallest absolute Gasteiger partial charge is 0.128 e. The lowest BCUT2D eigenvalue weighted by atomic mass is 9.82. The highest BCUT2D eigenvalue weighted by Gasteiger charge is 2.47. The number of nitrogens with zero attached hydrogens (tertiary/aromatic N) is 1. The number of piperidine rings is 1. The summed E-state index contributed by atoms with van der Waals surface area (Å²) in [5, 5.41) is 11.0. The summed E-state index contributed by atoms with van der Waals surface area (Å²) in [5.41, 5.74) is 1.66. The van der Waals surface area contributed by atoms with Crippen molar-refractivity contribution in [3.63, 3.8) is 0 Å². The van der Waals surface area contributed by atoms with Gasteiger partial charge in [0, 0.05) is 12.1 Å². The average molecular weight is 289 g/mol. The summed E-state index contributed by atoms with van der Waals surface area (Å²) in [4.78, 5) is 2.43. The van der Waals surface area contributed by atoms with Crippen LogP contribution in [-0.2, 0) is 0 Å². The molecular weight excluding hydrogens is 262 g/mol. The number of aliphatic hydroxyl groups excluding tert-OH is 1. The summed E-state index contributed by atoms with van der Waals surface area (Å²) in [6.45, 7) is 10.7. The molecule has 3 unspecified atom stereocenters. The maximum absolute atomic E-state index is 11.0. The second kappa shape index (κ2) is 5.29. The van der Waals surface area contributed by atoms with Gasteiger partial charge in [0.15, 0.2) is 0 Å². The predicted octanol–water partition coefficient (Wildman–Crippen LogP) is 3.30. The van der Waals surface area contributed by atoms with E-state index in [1.165, 1.54) is 12.8 Å². The molecule has 1 N–H and O–H groups in total. The normalized spacial score (nSPS) is 32.3. The molecule has 0 amide bonds. The molecule has 1 aromatic rings. The second-order valence-corrected chi connectivity index (χ2v) is 7.33. The molecule has 0 saturated carbocycles. The van der Waals surface area contributed by atoms with E-state index in [1.807, 2.05) is 25.1 Å². The third-order valence-electron chi connectivity index (χ3n) is 5.02. The molecule has 3 atom stereocenters. The van der Waals surface area contributed by atoms with Crippen LogP contribution >= 0.6 is 0 Å². The Morgan fingerprint density at radius 3 is 2.81 bits per heavy atom. The van der Waals surface area contributed by atoms with E-state index in [1.54, 1.807) is 0 Å². The molecule has 2 aliphatic rings. The first kappa shape index (κ1) is 14.9. The molecule has 0 radical (unpaired) electrons. The molecule has 21 heavy (non-hydrogen) atoms. The molecule has 2 heterocycles. The molecule has 1 saturated heterocycles. The van der Waals surface area contributed by atoms with Gasteiger partial charge in [-0.2, -0.15) is 0 Å². The molecule has 0 bridgehead atoms. The Morgan fingerprint density at radius 1 is 1.33 bits per heavy atom. The van der Waals surface area contributed by atoms with E-state index in [0.29, 0.717) is 5.92 Å². The Bertz CT molecular complexity index is 526. The van der Waals surface area contributed by atoms with Crippen molar-refractivity contribution < 1.29 is 9.84 Å². The van der Waals surface area contributed by atoms with E-state index in [9.17, 15) is 5.11 Å². The van der Waals surface area contributed by atoms with Crippen LogP contribution in [0.3, 0.4) is 0 Å². The molecule has 2 aliphatic heterocycles. The van der Waals surface area contributed by atoms with Crippen molar-refractivity contribution >= 4 is 0 Å². The van der Waals surface area contributed by atoms with Gasteiger partial charge in [-0.05, 0) is 51.6 Å². The SMILES string of the molecule is Cc1cccc2c1OC(C)(C)C(N1CCCC(C)C1)C2O. The molecule has 0 spiro atoms. The van der Waals surface area contributed by atoms with E-state index in [4.69, 9.17) is 4.74 Å². The first-order valence-electron chi connectivity index (χ1n) is 8.11. The van der Waals surface area contributed by atoms with E-state index < -0.39 is 6.10 Å². The fourth-order valence-corrected chi connectivity index (χ4v) is 4.04. The second-order valence-electron chi connectivity index (χ2n) is 7.33. The maximum Gasteiger partial charge on any atom is 0.128 e. The van der Waals surface area contributed by atoms with Gasteiger partial charge in [-0.15, -0.1) is 0 Å². The highest BCUT2D eigenvalue weighted by molar-refractivity contribution is 5.45. The fraction of sp³-hybridized carbons (Fsp3) is 0.667. The summed E-state index contributed by atoms with van der Waals surface area (Å²) >= 11 is 0. The van der Waals surface area contributed by atoms with E-state index in [0.717, 1.165) is 30.0 Å². The van der Waals surface area contributed by atoms with Gasteiger partial charge in [0.25, 0.3) is 0 Å². The number of fused-ring (bicyclic) bond motifs is 1. The van der Waals surface area contributed by atoms with Gasteiger partial charge in [0.1, 0.15) is 17.5 Å². The van der Waals surface area contributed by atoms with Gasteiger partial charge >= 0.3 is 0 Å². The van der Waals surface area contributed by atoms with Crippen LogP contribution in [0.4, 0.5) is 0 Å². The van der Waals surface area contributed by atoms with Crippen LogP contribution in [0.25, 0.3) is 0 Å². The van der Waals surface area contributed by atoms with Crippen LogP contribution in [0.2, 0.25) is 0 Å². The first-order chi connectivity index (χ1) is 9.90. The summed E-state index contributed by atoms with van der Waals surface area (Å²) in [5.74, 6) is 1.57. The lowest BCUT2D eigenvalue weighted by Crippen LogP contribution is -2.59. The number of ether oxygens (including phenoxy) is 1. The standard InChI is InChI=1S/C18H27NO2/c1-12-7-6-10-19(11-12)17-15(20)14-9-5-8-13(2)16(14)21-18(17,3)4/h5,8-9,12,15,17,20H,6-7,10-11H2,1-4H3. The van der Waals surface area contributed by atoms with E-state index >= 15 is 0 Å². The van der Waals surface area contributed by atoms with Gasteiger partial charge in [-0.3, -0.25) is 4.90 Å². The Labute approximate surface area is 127 Å². The minimum absolute atomic E-state index is 0.0227. The lowest BCUT2D eigenvalue weighted by Gasteiger charge is -2.50. The monoisotopic (exact) mass is 289 g/mol. The molecule has 0 aromatic heterocycles. The molecule has 3 rings (SSSR count).